The minimum atomic E-state index is -4.57. The van der Waals surface area contributed by atoms with Gasteiger partial charge in [0.25, 0.3) is 0 Å². The number of imidazole rings is 1. The number of nitrogen functional groups attached to an aromatic ring is 1. The van der Waals surface area contributed by atoms with E-state index >= 15 is 4.57 Å². The summed E-state index contributed by atoms with van der Waals surface area (Å²) in [6, 6.07) is 11.4. The Hall–Kier alpha value is -4.88. The lowest BCUT2D eigenvalue weighted by Gasteiger charge is -2.29. The number of nitrogens with zero attached hydrogens (tertiary/aromatic N) is 4. The fraction of sp³-hybridized carbons (Fsp3) is 0.525. The first-order valence-electron chi connectivity index (χ1n) is 19.2. The SMILES string of the molecule is COC(=O)[C@H](Cc1ccc(OC(C)(C)C)cc1)NP(=O)(N[C@@H](Cc1ccc(OC(C)(C)C)cc1)C(=O)OC)OC[C@H]1O[C@@H](n2cnc3c(OC)nc(N)nc32)[C@](C)(O)[C@@H]1O. The summed E-state index contributed by atoms with van der Waals surface area (Å²) in [4.78, 5) is 39.2. The summed E-state index contributed by atoms with van der Waals surface area (Å²) in [5.74, 6) is -0.429. The Kier molecular flexibility index (Phi) is 14.2. The van der Waals surface area contributed by atoms with Gasteiger partial charge >= 0.3 is 19.6 Å². The first-order valence-corrected chi connectivity index (χ1v) is 20.8. The molecule has 2 aromatic heterocycles. The monoisotopic (exact) mass is 857 g/mol. The van der Waals surface area contributed by atoms with Gasteiger partial charge < -0.3 is 48.9 Å². The molecule has 0 saturated carbocycles. The number of aliphatic hydroxyl groups excluding tert-OH is 1. The standard InChI is InChI=1S/C40H56N7O12P/c1-38(2,3)58-25-15-11-23(12-16-25)19-27(34(49)54-9)45-60(52,46-28(35(50)55-10)20-24-13-17-26(18-14-24)59-39(4,5)6)56-21-29-31(48)40(7,51)36(57-29)47-22-42-30-32(47)43-37(41)44-33(30)53-8/h11-18,22,27-29,31,36,48,51H,19-21H2,1-10H3,(H2,41,43,44)(H2,45,46,52)/t27-,28-,29+,31+,36+,40+/m0/s1. The van der Waals surface area contributed by atoms with Crippen molar-refractivity contribution in [1.29, 1.82) is 0 Å². The van der Waals surface area contributed by atoms with Crippen LogP contribution in [0.15, 0.2) is 54.9 Å². The number of ether oxygens (including phenoxy) is 6. The Labute approximate surface area is 348 Å². The maximum absolute atomic E-state index is 15.1. The first kappa shape index (κ1) is 46.2. The molecule has 0 spiro atoms. The van der Waals surface area contributed by atoms with E-state index in [9.17, 15) is 19.8 Å². The van der Waals surface area contributed by atoms with Crippen LogP contribution in [0.2, 0.25) is 0 Å². The third-order valence-corrected chi connectivity index (χ3v) is 11.0. The number of rotatable bonds is 17. The van der Waals surface area contributed by atoms with Crippen molar-refractivity contribution >= 4 is 36.7 Å². The number of aromatic nitrogens is 4. The Morgan fingerprint density at radius 1 is 0.883 bits per heavy atom. The van der Waals surface area contributed by atoms with Gasteiger partial charge in [-0.15, -0.1) is 0 Å². The molecule has 20 heteroatoms. The number of methoxy groups -OCH3 is 3. The van der Waals surface area contributed by atoms with Crippen LogP contribution < -0.4 is 30.1 Å². The molecule has 6 atom stereocenters. The number of benzene rings is 2. The maximum atomic E-state index is 15.1. The van der Waals surface area contributed by atoms with E-state index in [-0.39, 0.29) is 35.8 Å². The van der Waals surface area contributed by atoms with Crippen LogP contribution in [0, 0.1) is 0 Å². The summed E-state index contributed by atoms with van der Waals surface area (Å²) < 4.78 is 56.0. The van der Waals surface area contributed by atoms with E-state index in [1.54, 1.807) is 48.5 Å². The van der Waals surface area contributed by atoms with Crippen molar-refractivity contribution in [1.82, 2.24) is 29.7 Å². The molecule has 60 heavy (non-hydrogen) atoms. The smallest absolute Gasteiger partial charge is 0.342 e. The number of hydrogen-bond acceptors (Lipinski definition) is 16. The molecule has 1 saturated heterocycles. The highest BCUT2D eigenvalue weighted by atomic mass is 31.2. The molecule has 0 amide bonds. The Balaban J connectivity index is 1.45. The van der Waals surface area contributed by atoms with Gasteiger partial charge in [-0.05, 0) is 96.7 Å². The van der Waals surface area contributed by atoms with Crippen LogP contribution in [0.5, 0.6) is 17.4 Å². The number of aliphatic hydroxyl groups is 2. The normalized spacial score (nSPS) is 20.7. The van der Waals surface area contributed by atoms with E-state index in [4.69, 9.17) is 38.7 Å². The van der Waals surface area contributed by atoms with Crippen molar-refractivity contribution in [2.45, 2.75) is 109 Å². The zero-order valence-corrected chi connectivity index (χ0v) is 36.4. The molecular weight excluding hydrogens is 801 g/mol. The van der Waals surface area contributed by atoms with Crippen molar-refractivity contribution in [2.24, 2.45) is 0 Å². The third kappa shape index (κ3) is 11.5. The van der Waals surface area contributed by atoms with Gasteiger partial charge in [0.15, 0.2) is 17.4 Å². The number of carbonyl (C=O) groups is 2. The van der Waals surface area contributed by atoms with Crippen molar-refractivity contribution in [2.75, 3.05) is 33.7 Å². The number of hydrogen-bond donors (Lipinski definition) is 5. The van der Waals surface area contributed by atoms with Gasteiger partial charge in [-0.3, -0.25) is 18.7 Å². The quantitative estimate of drug-likeness (QED) is 0.0751. The summed E-state index contributed by atoms with van der Waals surface area (Å²) in [5.41, 5.74) is 4.67. The Bertz CT molecular complexity index is 2070. The Morgan fingerprint density at radius 3 is 1.80 bits per heavy atom. The molecule has 19 nitrogen and oxygen atoms in total. The van der Waals surface area contributed by atoms with Gasteiger partial charge in [0.2, 0.25) is 11.8 Å². The van der Waals surface area contributed by atoms with E-state index in [1.165, 1.54) is 39.1 Å². The van der Waals surface area contributed by atoms with Gasteiger partial charge in [-0.1, -0.05) is 24.3 Å². The van der Waals surface area contributed by atoms with Crippen molar-refractivity contribution in [3.05, 3.63) is 66.0 Å². The van der Waals surface area contributed by atoms with Gasteiger partial charge in [-0.2, -0.15) is 9.97 Å². The number of esters is 2. The maximum Gasteiger partial charge on any atom is 0.342 e. The van der Waals surface area contributed by atoms with Crippen molar-refractivity contribution in [3.63, 3.8) is 0 Å². The molecule has 2 aromatic carbocycles. The largest absolute Gasteiger partial charge is 0.488 e. The number of fused-ring (bicyclic) bond motifs is 1. The highest BCUT2D eigenvalue weighted by Gasteiger charge is 2.54. The summed E-state index contributed by atoms with van der Waals surface area (Å²) in [6.07, 6.45) is -3.03. The molecule has 1 fully saturated rings. The number of nitrogens with one attached hydrogen (secondary N) is 2. The third-order valence-electron chi connectivity index (χ3n) is 9.23. The molecule has 1 aliphatic rings. The minimum Gasteiger partial charge on any atom is -0.488 e. The molecular formula is C40H56N7O12P. The highest BCUT2D eigenvalue weighted by molar-refractivity contribution is 7.54. The van der Waals surface area contributed by atoms with Gasteiger partial charge in [0.05, 0.1) is 34.3 Å². The summed E-state index contributed by atoms with van der Waals surface area (Å²) in [7, 11) is -0.826. The topological polar surface area (TPSA) is 250 Å². The second-order valence-electron chi connectivity index (χ2n) is 16.5. The fourth-order valence-electron chi connectivity index (χ4n) is 6.51. The summed E-state index contributed by atoms with van der Waals surface area (Å²) in [6.45, 7) is 12.2. The van der Waals surface area contributed by atoms with E-state index in [0.717, 1.165) is 0 Å². The molecule has 0 radical (unpaired) electrons. The van der Waals surface area contributed by atoms with E-state index in [2.05, 4.69) is 25.1 Å². The molecule has 328 valence electrons. The summed E-state index contributed by atoms with van der Waals surface area (Å²) in [5, 5.41) is 28.6. The van der Waals surface area contributed by atoms with Crippen LogP contribution in [0.4, 0.5) is 5.95 Å². The zero-order valence-electron chi connectivity index (χ0n) is 35.5. The number of anilines is 1. The lowest BCUT2D eigenvalue weighted by atomic mass is 9.96. The van der Waals surface area contributed by atoms with Gasteiger partial charge in [-0.25, -0.2) is 15.2 Å². The predicted octanol–water partition coefficient (Wildman–Crippen LogP) is 3.65. The molecule has 5 rings (SSSR count). The second-order valence-corrected chi connectivity index (χ2v) is 18.4. The average molecular weight is 858 g/mol. The van der Waals surface area contributed by atoms with E-state index in [1.807, 2.05) is 41.5 Å². The van der Waals surface area contributed by atoms with Crippen LogP contribution in [0.3, 0.4) is 0 Å². The average Bonchev–Trinajstić information content (AvgIpc) is 3.68. The zero-order chi connectivity index (χ0) is 44.2. The molecule has 1 aliphatic heterocycles. The highest BCUT2D eigenvalue weighted by Crippen LogP contribution is 2.45. The van der Waals surface area contributed by atoms with E-state index in [0.29, 0.717) is 22.6 Å². The van der Waals surface area contributed by atoms with Crippen LogP contribution in [-0.2, 0) is 45.7 Å². The van der Waals surface area contributed by atoms with Crippen molar-refractivity contribution < 1.29 is 57.3 Å². The lowest BCUT2D eigenvalue weighted by molar-refractivity contribution is -0.143. The fourth-order valence-corrected chi connectivity index (χ4v) is 8.31. The Morgan fingerprint density at radius 2 is 1.37 bits per heavy atom. The molecule has 0 bridgehead atoms. The number of nitrogens with two attached hydrogens (primary N) is 1. The van der Waals surface area contributed by atoms with Gasteiger partial charge in [0.1, 0.15) is 52.6 Å². The van der Waals surface area contributed by atoms with Crippen molar-refractivity contribution in [3.8, 4) is 17.4 Å². The predicted molar refractivity (Wildman–Crippen MR) is 219 cm³/mol. The summed E-state index contributed by atoms with van der Waals surface area (Å²) >= 11 is 0. The number of carbonyl (C=O) groups excluding carboxylic acids is 2. The molecule has 3 heterocycles. The minimum absolute atomic E-state index is 0.0306. The van der Waals surface area contributed by atoms with E-state index < -0.39 is 73.5 Å². The molecule has 4 aromatic rings. The first-order chi connectivity index (χ1) is 28.0. The molecule has 0 aliphatic carbocycles. The lowest BCUT2D eigenvalue weighted by Crippen LogP contribution is -2.47. The van der Waals surface area contributed by atoms with Crippen LogP contribution in [-0.4, -0.2) is 111 Å². The molecule has 0 unspecified atom stereocenters. The van der Waals surface area contributed by atoms with Gasteiger partial charge in [0, 0.05) is 0 Å². The molecule has 6 N–H and O–H groups in total. The van der Waals surface area contributed by atoms with Crippen LogP contribution in [0.25, 0.3) is 11.2 Å². The van der Waals surface area contributed by atoms with Crippen LogP contribution in [0.1, 0.15) is 65.8 Å². The second kappa shape index (κ2) is 18.4. The van der Waals surface area contributed by atoms with Crippen LogP contribution >= 0.6 is 7.67 Å².